The third kappa shape index (κ3) is 3.66. The summed E-state index contributed by atoms with van der Waals surface area (Å²) in [7, 11) is 1.53. The Labute approximate surface area is 118 Å². The first-order valence-electron chi connectivity index (χ1n) is 6.46. The zero-order valence-electron chi connectivity index (χ0n) is 12.2. The van der Waals surface area contributed by atoms with E-state index in [0.717, 1.165) is 0 Å². The van der Waals surface area contributed by atoms with Crippen molar-refractivity contribution in [2.45, 2.75) is 26.7 Å². The van der Waals surface area contributed by atoms with Crippen molar-refractivity contribution in [2.24, 2.45) is 0 Å². The lowest BCUT2D eigenvalue weighted by atomic mass is 10.2. The van der Waals surface area contributed by atoms with E-state index in [1.54, 1.807) is 4.90 Å². The smallest absolute Gasteiger partial charge is 0.356 e. The fraction of sp³-hybridized carbons (Fsp3) is 0.538. The van der Waals surface area contributed by atoms with Gasteiger partial charge in [0.05, 0.1) is 18.4 Å². The second kappa shape index (κ2) is 6.83. The molecule has 0 saturated heterocycles. The summed E-state index contributed by atoms with van der Waals surface area (Å²) in [5.41, 5.74) is 0.280. The number of nitrogens with one attached hydrogen (secondary N) is 1. The van der Waals surface area contributed by atoms with Crippen LogP contribution in [-0.4, -0.2) is 47.1 Å². The molecule has 0 unspecified atom stereocenters. The number of carbonyl (C=O) groups excluding carboxylic acids is 1. The Morgan fingerprint density at radius 3 is 2.55 bits per heavy atom. The molecule has 0 atom stereocenters. The monoisotopic (exact) mass is 280 g/mol. The molecule has 7 heteroatoms. The van der Waals surface area contributed by atoms with Crippen molar-refractivity contribution in [1.29, 1.82) is 0 Å². The summed E-state index contributed by atoms with van der Waals surface area (Å²) < 4.78 is 0. The zero-order valence-corrected chi connectivity index (χ0v) is 12.2. The molecule has 1 aromatic rings. The SMILES string of the molecule is CCN(CC(=O)NC)c1cnc(C(C)C)nc1C(=O)O. The van der Waals surface area contributed by atoms with Crippen molar-refractivity contribution < 1.29 is 14.7 Å². The van der Waals surface area contributed by atoms with Gasteiger partial charge in [0.1, 0.15) is 5.82 Å². The summed E-state index contributed by atoms with van der Waals surface area (Å²) in [6.45, 7) is 6.17. The van der Waals surface area contributed by atoms with Crippen LogP contribution in [0.15, 0.2) is 6.20 Å². The number of carboxylic acid groups (broad SMARTS) is 1. The zero-order chi connectivity index (χ0) is 15.3. The molecule has 2 N–H and O–H groups in total. The molecule has 1 heterocycles. The lowest BCUT2D eigenvalue weighted by Crippen LogP contribution is -2.36. The third-order valence-electron chi connectivity index (χ3n) is 2.84. The number of carboxylic acids is 1. The van der Waals surface area contributed by atoms with Crippen LogP contribution in [0, 0.1) is 0 Å². The lowest BCUT2D eigenvalue weighted by Gasteiger charge is -2.23. The first-order chi connectivity index (χ1) is 9.40. The average Bonchev–Trinajstić information content (AvgIpc) is 2.43. The minimum absolute atomic E-state index is 0.0381. The van der Waals surface area contributed by atoms with E-state index in [1.165, 1.54) is 13.2 Å². The Morgan fingerprint density at radius 2 is 2.10 bits per heavy atom. The van der Waals surface area contributed by atoms with Crippen LogP contribution in [-0.2, 0) is 4.79 Å². The van der Waals surface area contributed by atoms with Gasteiger partial charge in [-0.1, -0.05) is 13.8 Å². The van der Waals surface area contributed by atoms with Crippen molar-refractivity contribution in [3.05, 3.63) is 17.7 Å². The van der Waals surface area contributed by atoms with Gasteiger partial charge in [0.2, 0.25) is 5.91 Å². The molecule has 0 spiro atoms. The van der Waals surface area contributed by atoms with Gasteiger partial charge in [0, 0.05) is 19.5 Å². The molecular weight excluding hydrogens is 260 g/mol. The Morgan fingerprint density at radius 1 is 1.45 bits per heavy atom. The van der Waals surface area contributed by atoms with Crippen LogP contribution in [0.3, 0.4) is 0 Å². The lowest BCUT2D eigenvalue weighted by molar-refractivity contribution is -0.119. The van der Waals surface area contributed by atoms with Crippen LogP contribution in [0.5, 0.6) is 0 Å². The Kier molecular flexibility index (Phi) is 5.42. The van der Waals surface area contributed by atoms with Crippen molar-refractivity contribution in [2.75, 3.05) is 25.0 Å². The van der Waals surface area contributed by atoms with E-state index in [9.17, 15) is 14.7 Å². The van der Waals surface area contributed by atoms with E-state index < -0.39 is 5.97 Å². The van der Waals surface area contributed by atoms with Crippen molar-refractivity contribution in [1.82, 2.24) is 15.3 Å². The van der Waals surface area contributed by atoms with Gasteiger partial charge >= 0.3 is 5.97 Å². The highest BCUT2D eigenvalue weighted by Crippen LogP contribution is 2.20. The third-order valence-corrected chi connectivity index (χ3v) is 2.84. The molecule has 0 radical (unpaired) electrons. The molecule has 0 saturated carbocycles. The van der Waals surface area contributed by atoms with Gasteiger partial charge in [0.15, 0.2) is 5.69 Å². The summed E-state index contributed by atoms with van der Waals surface area (Å²) in [6.07, 6.45) is 1.47. The number of aromatic nitrogens is 2. The van der Waals surface area contributed by atoms with E-state index in [0.29, 0.717) is 18.1 Å². The quantitative estimate of drug-likeness (QED) is 0.802. The molecule has 7 nitrogen and oxygen atoms in total. The normalized spacial score (nSPS) is 10.4. The minimum atomic E-state index is -1.13. The molecule has 1 rings (SSSR count). The Balaban J connectivity index is 3.20. The Bertz CT molecular complexity index is 502. The first-order valence-corrected chi connectivity index (χ1v) is 6.46. The maximum atomic E-state index is 11.5. The van der Waals surface area contributed by atoms with Crippen LogP contribution >= 0.6 is 0 Å². The fourth-order valence-corrected chi connectivity index (χ4v) is 1.68. The maximum Gasteiger partial charge on any atom is 0.356 e. The topological polar surface area (TPSA) is 95.4 Å². The molecule has 0 aliphatic rings. The molecule has 0 fully saturated rings. The highest BCUT2D eigenvalue weighted by Gasteiger charge is 2.20. The van der Waals surface area contributed by atoms with Gasteiger partial charge in [-0.3, -0.25) is 4.79 Å². The number of likely N-dealkylation sites (N-methyl/N-ethyl adjacent to an activating group) is 2. The molecule has 1 aromatic heterocycles. The summed E-state index contributed by atoms with van der Waals surface area (Å²) >= 11 is 0. The van der Waals surface area contributed by atoms with Gasteiger partial charge in [-0.25, -0.2) is 14.8 Å². The molecule has 1 amide bonds. The van der Waals surface area contributed by atoms with Crippen LogP contribution in [0.1, 0.15) is 43.0 Å². The van der Waals surface area contributed by atoms with E-state index in [1.807, 2.05) is 20.8 Å². The van der Waals surface area contributed by atoms with Crippen LogP contribution in [0.2, 0.25) is 0 Å². The highest BCUT2D eigenvalue weighted by atomic mass is 16.4. The van der Waals surface area contributed by atoms with Crippen LogP contribution in [0.4, 0.5) is 5.69 Å². The van der Waals surface area contributed by atoms with Gasteiger partial charge < -0.3 is 15.3 Å². The standard InChI is InChI=1S/C13H20N4O3/c1-5-17(7-10(18)14-4)9-6-15-12(8(2)3)16-11(9)13(19)20/h6,8H,5,7H2,1-4H3,(H,14,18)(H,19,20). The predicted octanol–water partition coefficient (Wildman–Crippen LogP) is 0.870. The molecule has 110 valence electrons. The first kappa shape index (κ1) is 15.9. The summed E-state index contributed by atoms with van der Waals surface area (Å²) in [6, 6.07) is 0. The van der Waals surface area contributed by atoms with Crippen LogP contribution in [0.25, 0.3) is 0 Å². The number of hydrogen-bond acceptors (Lipinski definition) is 5. The summed E-state index contributed by atoms with van der Waals surface area (Å²) in [5.74, 6) is -0.811. The molecular formula is C13H20N4O3. The number of nitrogens with zero attached hydrogens (tertiary/aromatic N) is 3. The largest absolute Gasteiger partial charge is 0.476 e. The molecule has 0 aliphatic heterocycles. The van der Waals surface area contributed by atoms with Crippen LogP contribution < -0.4 is 10.2 Å². The van der Waals surface area contributed by atoms with Gasteiger partial charge in [-0.05, 0) is 6.92 Å². The summed E-state index contributed by atoms with van der Waals surface area (Å²) in [4.78, 5) is 32.7. The number of hydrogen-bond donors (Lipinski definition) is 2. The molecule has 0 aliphatic carbocycles. The van der Waals surface area contributed by atoms with Gasteiger partial charge in [-0.15, -0.1) is 0 Å². The van der Waals surface area contributed by atoms with Crippen molar-refractivity contribution in [3.8, 4) is 0 Å². The van der Waals surface area contributed by atoms with Crippen molar-refractivity contribution in [3.63, 3.8) is 0 Å². The highest BCUT2D eigenvalue weighted by molar-refractivity contribution is 5.93. The number of amides is 1. The predicted molar refractivity (Wildman–Crippen MR) is 75.0 cm³/mol. The Hall–Kier alpha value is -2.18. The van der Waals surface area contributed by atoms with Gasteiger partial charge in [-0.2, -0.15) is 0 Å². The molecule has 0 aromatic carbocycles. The number of carbonyl (C=O) groups is 2. The van der Waals surface area contributed by atoms with E-state index in [-0.39, 0.29) is 24.1 Å². The number of aromatic carboxylic acids is 1. The molecule has 20 heavy (non-hydrogen) atoms. The minimum Gasteiger partial charge on any atom is -0.476 e. The second-order valence-electron chi connectivity index (χ2n) is 4.61. The van der Waals surface area contributed by atoms with E-state index in [2.05, 4.69) is 15.3 Å². The van der Waals surface area contributed by atoms with Gasteiger partial charge in [0.25, 0.3) is 0 Å². The maximum absolute atomic E-state index is 11.5. The van der Waals surface area contributed by atoms with E-state index in [4.69, 9.17) is 0 Å². The molecule has 0 bridgehead atoms. The fourth-order valence-electron chi connectivity index (χ4n) is 1.68. The second-order valence-corrected chi connectivity index (χ2v) is 4.61. The number of rotatable bonds is 6. The average molecular weight is 280 g/mol. The van der Waals surface area contributed by atoms with E-state index >= 15 is 0 Å². The number of anilines is 1. The summed E-state index contributed by atoms with van der Waals surface area (Å²) in [5, 5.41) is 11.8. The van der Waals surface area contributed by atoms with Crippen molar-refractivity contribution >= 4 is 17.6 Å².